The van der Waals surface area contributed by atoms with Crippen LogP contribution >= 0.6 is 27.3 Å². The molecule has 3 nitrogen and oxygen atoms in total. The lowest BCUT2D eigenvalue weighted by atomic mass is 10.1. The summed E-state index contributed by atoms with van der Waals surface area (Å²) in [6.07, 6.45) is 2.49. The summed E-state index contributed by atoms with van der Waals surface area (Å²) in [5.41, 5.74) is 2.83. The molecule has 106 valence electrons. The van der Waals surface area contributed by atoms with E-state index in [1.807, 2.05) is 19.1 Å². The Morgan fingerprint density at radius 3 is 2.65 bits per heavy atom. The van der Waals surface area contributed by atoms with E-state index in [-0.39, 0.29) is 5.75 Å². The van der Waals surface area contributed by atoms with Crippen LogP contribution in [0.2, 0.25) is 0 Å². The van der Waals surface area contributed by atoms with Crippen LogP contribution < -0.4 is 4.90 Å². The molecule has 1 aliphatic heterocycles. The molecule has 1 aromatic carbocycles. The van der Waals surface area contributed by atoms with Crippen molar-refractivity contribution in [2.24, 2.45) is 0 Å². The number of nitrogens with zero attached hydrogens (tertiary/aromatic N) is 2. The summed E-state index contributed by atoms with van der Waals surface area (Å²) in [4.78, 5) is 8.26. The topological polar surface area (TPSA) is 36.4 Å². The SMILES string of the molecule is Cc1cc(Br)c(O)c(-c2nc(N3CCCC3)sc2C)c1. The van der Waals surface area contributed by atoms with E-state index >= 15 is 0 Å². The molecular formula is C15H17BrN2OS. The van der Waals surface area contributed by atoms with Crippen molar-refractivity contribution in [2.45, 2.75) is 26.7 Å². The monoisotopic (exact) mass is 352 g/mol. The van der Waals surface area contributed by atoms with E-state index in [0.717, 1.165) is 44.4 Å². The highest BCUT2D eigenvalue weighted by Gasteiger charge is 2.20. The number of aryl methyl sites for hydroxylation is 2. The highest BCUT2D eigenvalue weighted by Crippen LogP contribution is 2.41. The van der Waals surface area contributed by atoms with Gasteiger partial charge in [-0.15, -0.1) is 11.3 Å². The first-order valence-electron chi connectivity index (χ1n) is 6.78. The third kappa shape index (κ3) is 2.44. The molecule has 1 aromatic heterocycles. The van der Waals surface area contributed by atoms with Gasteiger partial charge >= 0.3 is 0 Å². The molecule has 2 heterocycles. The van der Waals surface area contributed by atoms with Crippen LogP contribution in [0.25, 0.3) is 11.3 Å². The smallest absolute Gasteiger partial charge is 0.186 e. The maximum absolute atomic E-state index is 10.3. The Labute approximate surface area is 131 Å². The molecule has 5 heteroatoms. The van der Waals surface area contributed by atoms with Crippen molar-refractivity contribution < 1.29 is 5.11 Å². The minimum atomic E-state index is 0.275. The standard InChI is InChI=1S/C15H17BrN2OS/c1-9-7-11(14(19)12(16)8-9)13-10(2)20-15(17-13)18-5-3-4-6-18/h7-8,19H,3-6H2,1-2H3. The molecule has 0 bridgehead atoms. The third-order valence-electron chi connectivity index (χ3n) is 3.62. The maximum Gasteiger partial charge on any atom is 0.186 e. The highest BCUT2D eigenvalue weighted by molar-refractivity contribution is 9.10. The third-order valence-corrected chi connectivity index (χ3v) is 5.26. The molecule has 0 spiro atoms. The van der Waals surface area contributed by atoms with E-state index in [2.05, 4.69) is 27.8 Å². The number of thiazole rings is 1. The van der Waals surface area contributed by atoms with Crippen LogP contribution in [-0.2, 0) is 0 Å². The molecule has 3 rings (SSSR count). The molecule has 1 N–H and O–H groups in total. The summed E-state index contributed by atoms with van der Waals surface area (Å²) < 4.78 is 0.725. The zero-order chi connectivity index (χ0) is 14.3. The van der Waals surface area contributed by atoms with Crippen LogP contribution in [0.15, 0.2) is 16.6 Å². The molecule has 0 saturated carbocycles. The Bertz CT molecular complexity index is 648. The van der Waals surface area contributed by atoms with Crippen LogP contribution in [0, 0.1) is 13.8 Å². The lowest BCUT2D eigenvalue weighted by Crippen LogP contribution is -2.17. The van der Waals surface area contributed by atoms with E-state index < -0.39 is 0 Å². The second-order valence-electron chi connectivity index (χ2n) is 5.24. The molecule has 0 atom stereocenters. The number of hydrogen-bond acceptors (Lipinski definition) is 4. The first kappa shape index (κ1) is 13.9. The fourth-order valence-corrected chi connectivity index (χ4v) is 4.14. The highest BCUT2D eigenvalue weighted by atomic mass is 79.9. The second-order valence-corrected chi connectivity index (χ2v) is 7.27. The van der Waals surface area contributed by atoms with Gasteiger partial charge in [-0.1, -0.05) is 0 Å². The summed E-state index contributed by atoms with van der Waals surface area (Å²) in [5.74, 6) is 0.275. The normalized spacial score (nSPS) is 15.1. The number of anilines is 1. The molecule has 0 aliphatic carbocycles. The maximum atomic E-state index is 10.3. The van der Waals surface area contributed by atoms with Crippen molar-refractivity contribution in [3.63, 3.8) is 0 Å². The van der Waals surface area contributed by atoms with Gasteiger partial charge in [0.2, 0.25) is 0 Å². The first-order chi connectivity index (χ1) is 9.56. The summed E-state index contributed by atoms with van der Waals surface area (Å²) in [6, 6.07) is 3.91. The zero-order valence-electron chi connectivity index (χ0n) is 11.6. The Balaban J connectivity index is 2.06. The minimum Gasteiger partial charge on any atom is -0.506 e. The number of hydrogen-bond donors (Lipinski definition) is 1. The van der Waals surface area contributed by atoms with Crippen molar-refractivity contribution in [3.05, 3.63) is 27.0 Å². The van der Waals surface area contributed by atoms with Gasteiger partial charge in [-0.2, -0.15) is 0 Å². The lowest BCUT2D eigenvalue weighted by Gasteiger charge is -2.12. The van der Waals surface area contributed by atoms with Gasteiger partial charge in [-0.25, -0.2) is 4.98 Å². The van der Waals surface area contributed by atoms with E-state index in [0.29, 0.717) is 0 Å². The number of halogens is 1. The molecular weight excluding hydrogens is 336 g/mol. The molecule has 0 amide bonds. The number of aromatic nitrogens is 1. The van der Waals surface area contributed by atoms with Gasteiger partial charge in [0.25, 0.3) is 0 Å². The zero-order valence-corrected chi connectivity index (χ0v) is 14.0. The predicted molar refractivity (Wildman–Crippen MR) is 87.8 cm³/mol. The summed E-state index contributed by atoms with van der Waals surface area (Å²) >= 11 is 5.12. The van der Waals surface area contributed by atoms with E-state index in [1.165, 1.54) is 12.8 Å². The molecule has 0 unspecified atom stereocenters. The van der Waals surface area contributed by atoms with Gasteiger partial charge in [0.05, 0.1) is 10.2 Å². The minimum absolute atomic E-state index is 0.275. The molecule has 1 saturated heterocycles. The average Bonchev–Trinajstić information content (AvgIpc) is 3.02. The summed E-state index contributed by atoms with van der Waals surface area (Å²) in [5, 5.41) is 11.4. The average molecular weight is 353 g/mol. The van der Waals surface area contributed by atoms with Crippen molar-refractivity contribution in [1.82, 2.24) is 4.98 Å². The quantitative estimate of drug-likeness (QED) is 0.864. The van der Waals surface area contributed by atoms with E-state index in [1.54, 1.807) is 11.3 Å². The van der Waals surface area contributed by atoms with Crippen LogP contribution in [0.5, 0.6) is 5.75 Å². The number of rotatable bonds is 2. The number of benzene rings is 1. The number of aromatic hydroxyl groups is 1. The molecule has 1 fully saturated rings. The van der Waals surface area contributed by atoms with Crippen molar-refractivity contribution >= 4 is 32.4 Å². The van der Waals surface area contributed by atoms with E-state index in [4.69, 9.17) is 4.98 Å². The number of phenols is 1. The molecule has 20 heavy (non-hydrogen) atoms. The number of phenolic OH excluding ortho intramolecular Hbond substituents is 1. The van der Waals surface area contributed by atoms with Crippen molar-refractivity contribution in [1.29, 1.82) is 0 Å². The van der Waals surface area contributed by atoms with Crippen LogP contribution in [0.4, 0.5) is 5.13 Å². The second kappa shape index (κ2) is 5.37. The lowest BCUT2D eigenvalue weighted by molar-refractivity contribution is 0.473. The van der Waals surface area contributed by atoms with Gasteiger partial charge in [-0.05, 0) is 60.3 Å². The van der Waals surface area contributed by atoms with E-state index in [9.17, 15) is 5.11 Å². The first-order valence-corrected chi connectivity index (χ1v) is 8.39. The van der Waals surface area contributed by atoms with Crippen molar-refractivity contribution in [2.75, 3.05) is 18.0 Å². The van der Waals surface area contributed by atoms with Gasteiger partial charge in [0.15, 0.2) is 5.13 Å². The van der Waals surface area contributed by atoms with Gasteiger partial charge in [-0.3, -0.25) is 0 Å². The fraction of sp³-hybridized carbons (Fsp3) is 0.400. The Morgan fingerprint density at radius 2 is 1.95 bits per heavy atom. The van der Waals surface area contributed by atoms with Gasteiger partial charge in [0.1, 0.15) is 5.75 Å². The Morgan fingerprint density at radius 1 is 1.25 bits per heavy atom. The van der Waals surface area contributed by atoms with Crippen LogP contribution in [0.1, 0.15) is 23.3 Å². The molecule has 0 radical (unpaired) electrons. The Hall–Kier alpha value is -1.07. The largest absolute Gasteiger partial charge is 0.506 e. The van der Waals surface area contributed by atoms with Gasteiger partial charge < -0.3 is 10.0 Å². The summed E-state index contributed by atoms with van der Waals surface area (Å²) in [7, 11) is 0. The predicted octanol–water partition coefficient (Wildman–Crippen LogP) is 4.50. The molecule has 1 aliphatic rings. The van der Waals surface area contributed by atoms with Crippen molar-refractivity contribution in [3.8, 4) is 17.0 Å². The van der Waals surface area contributed by atoms with Crippen LogP contribution in [-0.4, -0.2) is 23.2 Å². The van der Waals surface area contributed by atoms with Gasteiger partial charge in [0, 0.05) is 23.5 Å². The molecule has 2 aromatic rings. The van der Waals surface area contributed by atoms with Crippen LogP contribution in [0.3, 0.4) is 0 Å². The Kier molecular flexibility index (Phi) is 3.73. The fourth-order valence-electron chi connectivity index (χ4n) is 2.59. The summed E-state index contributed by atoms with van der Waals surface area (Å²) in [6.45, 7) is 6.28.